The van der Waals surface area contributed by atoms with Gasteiger partial charge in [0.15, 0.2) is 0 Å². The molecule has 1 aliphatic rings. The van der Waals surface area contributed by atoms with Crippen molar-refractivity contribution >= 4 is 29.0 Å². The van der Waals surface area contributed by atoms with Crippen LogP contribution in [0.25, 0.3) is 16.9 Å². The Hall–Kier alpha value is -2.17. The first-order valence-electron chi connectivity index (χ1n) is 8.63. The van der Waals surface area contributed by atoms with Gasteiger partial charge in [-0.15, -0.1) is 0 Å². The summed E-state index contributed by atoms with van der Waals surface area (Å²) in [6, 6.07) is 13.6. The lowest BCUT2D eigenvalue weighted by Gasteiger charge is -2.09. The molecule has 0 unspecified atom stereocenters. The lowest BCUT2D eigenvalue weighted by Crippen LogP contribution is -2.07. The summed E-state index contributed by atoms with van der Waals surface area (Å²) < 4.78 is 7.23. The molecule has 26 heavy (non-hydrogen) atoms. The van der Waals surface area contributed by atoms with Gasteiger partial charge in [-0.3, -0.25) is 0 Å². The van der Waals surface area contributed by atoms with E-state index in [1.807, 2.05) is 47.1 Å². The first-order chi connectivity index (χ1) is 12.7. The summed E-state index contributed by atoms with van der Waals surface area (Å²) in [4.78, 5) is 0. The number of fused-ring (bicyclic) bond motifs is 1. The molecular weight excluding hydrogens is 369 g/mol. The van der Waals surface area contributed by atoms with Crippen LogP contribution in [0.5, 0.6) is 5.75 Å². The maximum Gasteiger partial charge on any atom is 0.133 e. The molecule has 0 radical (unpaired) electrons. The van der Waals surface area contributed by atoms with Gasteiger partial charge in [0, 0.05) is 17.7 Å². The minimum atomic E-state index is 0.540. The standard InChI is InChI=1S/C20H19Cl2N3O/c1-26-15-8-6-14(7-9-15)25-20-16(4-2-3-11-23-20)19(24-25)13-5-10-17(21)18(22)12-13/h5-10,12,23H,2-4,11H2,1H3. The molecule has 0 atom stereocenters. The smallest absolute Gasteiger partial charge is 0.133 e. The third-order valence-corrected chi connectivity index (χ3v) is 5.38. The Balaban J connectivity index is 1.86. The zero-order chi connectivity index (χ0) is 18.1. The molecule has 1 N–H and O–H groups in total. The summed E-state index contributed by atoms with van der Waals surface area (Å²) in [7, 11) is 1.67. The molecule has 0 bridgehead atoms. The molecular formula is C20H19Cl2N3O. The number of halogens is 2. The Morgan fingerprint density at radius 3 is 2.58 bits per heavy atom. The average molecular weight is 388 g/mol. The van der Waals surface area contributed by atoms with E-state index in [0.29, 0.717) is 10.0 Å². The van der Waals surface area contributed by atoms with Gasteiger partial charge in [0.25, 0.3) is 0 Å². The van der Waals surface area contributed by atoms with E-state index in [9.17, 15) is 0 Å². The maximum atomic E-state index is 6.24. The second-order valence-corrected chi connectivity index (χ2v) is 7.11. The SMILES string of the molecule is COc1ccc(-n2nc(-c3ccc(Cl)c(Cl)c3)c3c2NCCCC3)cc1. The largest absolute Gasteiger partial charge is 0.497 e. The highest BCUT2D eigenvalue weighted by atomic mass is 35.5. The molecule has 1 aromatic heterocycles. The summed E-state index contributed by atoms with van der Waals surface area (Å²) in [6.45, 7) is 0.940. The second-order valence-electron chi connectivity index (χ2n) is 6.30. The summed E-state index contributed by atoms with van der Waals surface area (Å²) in [5.74, 6) is 1.87. The van der Waals surface area contributed by atoms with E-state index < -0.39 is 0 Å². The van der Waals surface area contributed by atoms with Crippen LogP contribution >= 0.6 is 23.2 Å². The highest BCUT2D eigenvalue weighted by Crippen LogP contribution is 2.36. The molecule has 2 aromatic carbocycles. The Morgan fingerprint density at radius 2 is 1.85 bits per heavy atom. The number of anilines is 1. The minimum Gasteiger partial charge on any atom is -0.497 e. The molecule has 0 fully saturated rings. The first kappa shape index (κ1) is 17.3. The predicted molar refractivity (Wildman–Crippen MR) is 107 cm³/mol. The Labute approximate surface area is 162 Å². The third-order valence-electron chi connectivity index (χ3n) is 4.64. The van der Waals surface area contributed by atoms with Crippen molar-refractivity contribution in [3.05, 3.63) is 58.1 Å². The van der Waals surface area contributed by atoms with Crippen molar-refractivity contribution in [1.82, 2.24) is 9.78 Å². The van der Waals surface area contributed by atoms with Crippen molar-refractivity contribution < 1.29 is 4.74 Å². The molecule has 134 valence electrons. The number of nitrogens with zero attached hydrogens (tertiary/aromatic N) is 2. The van der Waals surface area contributed by atoms with Crippen molar-refractivity contribution in [1.29, 1.82) is 0 Å². The van der Waals surface area contributed by atoms with Gasteiger partial charge in [0.05, 0.1) is 28.5 Å². The molecule has 0 amide bonds. The number of rotatable bonds is 3. The van der Waals surface area contributed by atoms with E-state index in [0.717, 1.165) is 54.3 Å². The van der Waals surface area contributed by atoms with Crippen molar-refractivity contribution in [2.45, 2.75) is 19.3 Å². The van der Waals surface area contributed by atoms with E-state index in [2.05, 4.69) is 5.32 Å². The highest BCUT2D eigenvalue weighted by molar-refractivity contribution is 6.42. The van der Waals surface area contributed by atoms with Gasteiger partial charge in [-0.1, -0.05) is 29.3 Å². The highest BCUT2D eigenvalue weighted by Gasteiger charge is 2.22. The predicted octanol–water partition coefficient (Wildman–Crippen LogP) is 5.60. The topological polar surface area (TPSA) is 39.1 Å². The molecule has 4 nitrogen and oxygen atoms in total. The van der Waals surface area contributed by atoms with E-state index in [4.69, 9.17) is 33.0 Å². The van der Waals surface area contributed by atoms with Gasteiger partial charge in [-0.25, -0.2) is 4.68 Å². The van der Waals surface area contributed by atoms with Gasteiger partial charge < -0.3 is 10.1 Å². The van der Waals surface area contributed by atoms with Gasteiger partial charge in [-0.05, 0) is 55.7 Å². The summed E-state index contributed by atoms with van der Waals surface area (Å²) in [5.41, 5.74) is 4.13. The van der Waals surface area contributed by atoms with Crippen LogP contribution in [0.4, 0.5) is 5.82 Å². The Bertz CT molecular complexity index is 935. The lowest BCUT2D eigenvalue weighted by molar-refractivity contribution is 0.414. The fraction of sp³-hybridized carbons (Fsp3) is 0.250. The molecule has 0 spiro atoms. The van der Waals surface area contributed by atoms with E-state index in [1.165, 1.54) is 5.56 Å². The lowest BCUT2D eigenvalue weighted by atomic mass is 10.0. The van der Waals surface area contributed by atoms with Gasteiger partial charge in [0.2, 0.25) is 0 Å². The Kier molecular flexibility index (Phi) is 4.79. The van der Waals surface area contributed by atoms with Crippen LogP contribution in [0.1, 0.15) is 18.4 Å². The van der Waals surface area contributed by atoms with E-state index in [-0.39, 0.29) is 0 Å². The first-order valence-corrected chi connectivity index (χ1v) is 9.38. The van der Waals surface area contributed by atoms with Crippen LogP contribution in [-0.2, 0) is 6.42 Å². The van der Waals surface area contributed by atoms with Crippen LogP contribution in [-0.4, -0.2) is 23.4 Å². The number of hydrogen-bond donors (Lipinski definition) is 1. The molecule has 4 rings (SSSR count). The van der Waals surface area contributed by atoms with Crippen LogP contribution in [0.2, 0.25) is 10.0 Å². The number of hydrogen-bond acceptors (Lipinski definition) is 3. The molecule has 0 saturated carbocycles. The van der Waals surface area contributed by atoms with Crippen molar-refractivity contribution in [3.63, 3.8) is 0 Å². The van der Waals surface area contributed by atoms with Crippen molar-refractivity contribution in [2.24, 2.45) is 0 Å². The molecule has 1 aliphatic heterocycles. The fourth-order valence-corrected chi connectivity index (χ4v) is 3.59. The molecule has 2 heterocycles. The molecule has 3 aromatic rings. The van der Waals surface area contributed by atoms with Crippen LogP contribution < -0.4 is 10.1 Å². The van der Waals surface area contributed by atoms with Crippen molar-refractivity contribution in [2.75, 3.05) is 19.0 Å². The van der Waals surface area contributed by atoms with Crippen LogP contribution in [0.3, 0.4) is 0 Å². The fourth-order valence-electron chi connectivity index (χ4n) is 3.29. The quantitative estimate of drug-likeness (QED) is 0.635. The molecule has 0 aliphatic carbocycles. The van der Waals surface area contributed by atoms with Crippen LogP contribution in [0.15, 0.2) is 42.5 Å². The van der Waals surface area contributed by atoms with E-state index >= 15 is 0 Å². The second kappa shape index (κ2) is 7.22. The van der Waals surface area contributed by atoms with Crippen molar-refractivity contribution in [3.8, 4) is 22.7 Å². The number of aromatic nitrogens is 2. The normalized spacial score (nSPS) is 13.7. The number of nitrogens with one attached hydrogen (secondary N) is 1. The van der Waals surface area contributed by atoms with Gasteiger partial charge >= 0.3 is 0 Å². The summed E-state index contributed by atoms with van der Waals surface area (Å²) in [5, 5.41) is 9.55. The number of ether oxygens (including phenoxy) is 1. The average Bonchev–Trinajstić information content (AvgIpc) is 2.85. The van der Waals surface area contributed by atoms with E-state index in [1.54, 1.807) is 7.11 Å². The summed E-state index contributed by atoms with van der Waals surface area (Å²) in [6.07, 6.45) is 3.24. The molecule has 0 saturated heterocycles. The molecule has 6 heteroatoms. The van der Waals surface area contributed by atoms with Gasteiger partial charge in [-0.2, -0.15) is 5.10 Å². The minimum absolute atomic E-state index is 0.540. The third kappa shape index (κ3) is 3.15. The van der Waals surface area contributed by atoms with Crippen LogP contribution in [0, 0.1) is 0 Å². The van der Waals surface area contributed by atoms with Gasteiger partial charge in [0.1, 0.15) is 11.6 Å². The number of benzene rings is 2. The monoisotopic (exact) mass is 387 g/mol. The maximum absolute atomic E-state index is 6.24. The zero-order valence-corrected chi connectivity index (χ0v) is 15.9. The summed E-state index contributed by atoms with van der Waals surface area (Å²) >= 11 is 12.3. The Morgan fingerprint density at radius 1 is 1.04 bits per heavy atom. The zero-order valence-electron chi connectivity index (χ0n) is 14.4. The number of methoxy groups -OCH3 is 1.